The predicted octanol–water partition coefficient (Wildman–Crippen LogP) is 4.94. The number of aryl methyl sites for hydroxylation is 1. The van der Waals surface area contributed by atoms with Crippen LogP contribution in [0.25, 0.3) is 22.2 Å². The van der Waals surface area contributed by atoms with Gasteiger partial charge in [-0.1, -0.05) is 20.8 Å². The zero-order valence-electron chi connectivity index (χ0n) is 21.0. The van der Waals surface area contributed by atoms with Gasteiger partial charge in [0.15, 0.2) is 5.82 Å². The first-order valence-corrected chi connectivity index (χ1v) is 13.8. The predicted molar refractivity (Wildman–Crippen MR) is 136 cm³/mol. The van der Waals surface area contributed by atoms with Crippen molar-refractivity contribution in [1.82, 2.24) is 19.3 Å². The number of rotatable bonds is 5. The summed E-state index contributed by atoms with van der Waals surface area (Å²) in [6.45, 7) is 8.82. The molecule has 1 aromatic carbocycles. The normalized spacial score (nSPS) is 18.1. The first-order valence-electron chi connectivity index (χ1n) is 12.3. The summed E-state index contributed by atoms with van der Waals surface area (Å²) in [6, 6.07) is 4.89. The monoisotopic (exact) mass is 515 g/mol. The van der Waals surface area contributed by atoms with Crippen LogP contribution in [-0.2, 0) is 15.4 Å². The molecule has 10 heteroatoms. The Hall–Kier alpha value is -2.72. The van der Waals surface area contributed by atoms with Crippen molar-refractivity contribution in [2.24, 2.45) is 0 Å². The second-order valence-corrected chi connectivity index (χ2v) is 13.1. The minimum atomic E-state index is -3.19. The molecule has 2 aliphatic rings. The van der Waals surface area contributed by atoms with Gasteiger partial charge in [-0.25, -0.2) is 31.5 Å². The summed E-state index contributed by atoms with van der Waals surface area (Å²) < 4.78 is 56.6. The minimum absolute atomic E-state index is 0.00230. The highest BCUT2D eigenvalue weighted by atomic mass is 32.2. The number of hydrogen-bond acceptors (Lipinski definition) is 6. The minimum Gasteiger partial charge on any atom is -0.351 e. The molecule has 0 bridgehead atoms. The van der Waals surface area contributed by atoms with Crippen LogP contribution in [0.1, 0.15) is 57.7 Å². The Morgan fingerprint density at radius 2 is 1.69 bits per heavy atom. The molecular weight excluding hydrogens is 484 g/mol. The number of nitrogens with zero attached hydrogens (tertiary/aromatic N) is 4. The quantitative estimate of drug-likeness (QED) is 0.518. The van der Waals surface area contributed by atoms with E-state index in [2.05, 4.69) is 20.3 Å². The number of pyridine rings is 1. The maximum atomic E-state index is 15.2. The van der Waals surface area contributed by atoms with E-state index in [1.165, 1.54) is 6.07 Å². The van der Waals surface area contributed by atoms with Crippen molar-refractivity contribution < 1.29 is 17.2 Å². The Morgan fingerprint density at radius 3 is 2.33 bits per heavy atom. The SMILES string of the molecule is Cc1cc(C(C)(C)C)c2cc(-c3nc(NC4CCN(S(=O)(=O)C5CC5)CC4)ncc3F)cc(F)c2n1. The summed E-state index contributed by atoms with van der Waals surface area (Å²) in [4.78, 5) is 12.8. The number of sulfonamides is 1. The van der Waals surface area contributed by atoms with Gasteiger partial charge >= 0.3 is 0 Å². The van der Waals surface area contributed by atoms with Gasteiger partial charge in [0.05, 0.1) is 11.4 Å². The smallest absolute Gasteiger partial charge is 0.223 e. The standard InChI is InChI=1S/C26H31F2N5O2S/c1-15-11-20(26(2,3)4)19-12-16(13-21(27)24(19)30-15)23-22(28)14-29-25(32-23)31-17-7-9-33(10-8-17)36(34,35)18-5-6-18/h11-14,17-18H,5-10H2,1-4H3,(H,29,31,32). The highest BCUT2D eigenvalue weighted by Gasteiger charge is 2.41. The van der Waals surface area contributed by atoms with Gasteiger partial charge in [0, 0.05) is 35.8 Å². The van der Waals surface area contributed by atoms with E-state index in [0.29, 0.717) is 36.9 Å². The second-order valence-electron chi connectivity index (χ2n) is 10.9. The molecule has 0 spiro atoms. The number of fused-ring (bicyclic) bond motifs is 1. The third-order valence-electron chi connectivity index (χ3n) is 6.91. The zero-order valence-corrected chi connectivity index (χ0v) is 21.8. The van der Waals surface area contributed by atoms with Crippen LogP contribution >= 0.6 is 0 Å². The van der Waals surface area contributed by atoms with Crippen LogP contribution in [0.5, 0.6) is 0 Å². The lowest BCUT2D eigenvalue weighted by Gasteiger charge is -2.31. The summed E-state index contributed by atoms with van der Waals surface area (Å²) >= 11 is 0. The van der Waals surface area contributed by atoms with E-state index in [4.69, 9.17) is 0 Å². The molecule has 1 N–H and O–H groups in total. The van der Waals surface area contributed by atoms with E-state index in [1.807, 2.05) is 33.8 Å². The fraction of sp³-hybridized carbons (Fsp3) is 0.500. The van der Waals surface area contributed by atoms with Crippen LogP contribution in [-0.4, -0.2) is 52.1 Å². The van der Waals surface area contributed by atoms with Crippen LogP contribution in [0.15, 0.2) is 24.4 Å². The molecule has 0 unspecified atom stereocenters. The van der Waals surface area contributed by atoms with Gasteiger partial charge in [-0.3, -0.25) is 4.98 Å². The summed E-state index contributed by atoms with van der Waals surface area (Å²) in [5.41, 5.74) is 1.94. The molecule has 1 aliphatic carbocycles. The van der Waals surface area contributed by atoms with Gasteiger partial charge in [0.1, 0.15) is 17.0 Å². The lowest BCUT2D eigenvalue weighted by atomic mass is 9.84. The summed E-state index contributed by atoms with van der Waals surface area (Å²) in [5.74, 6) is -0.955. The van der Waals surface area contributed by atoms with Gasteiger partial charge in [0.2, 0.25) is 16.0 Å². The van der Waals surface area contributed by atoms with Gasteiger partial charge in [-0.2, -0.15) is 0 Å². The van der Waals surface area contributed by atoms with E-state index >= 15 is 4.39 Å². The van der Waals surface area contributed by atoms with E-state index in [1.54, 1.807) is 10.4 Å². The number of aromatic nitrogens is 3. The summed E-state index contributed by atoms with van der Waals surface area (Å²) in [5, 5.41) is 3.62. The van der Waals surface area contributed by atoms with Crippen molar-refractivity contribution in [3.63, 3.8) is 0 Å². The van der Waals surface area contributed by atoms with Crippen molar-refractivity contribution in [3.05, 3.63) is 47.3 Å². The zero-order chi connectivity index (χ0) is 25.8. The van der Waals surface area contributed by atoms with Gasteiger partial charge in [-0.15, -0.1) is 0 Å². The van der Waals surface area contributed by atoms with Crippen molar-refractivity contribution in [1.29, 1.82) is 0 Å². The molecule has 0 amide bonds. The van der Waals surface area contributed by atoms with E-state index in [0.717, 1.165) is 30.3 Å². The van der Waals surface area contributed by atoms with Crippen LogP contribution in [0.4, 0.5) is 14.7 Å². The number of benzene rings is 1. The fourth-order valence-electron chi connectivity index (χ4n) is 4.82. The summed E-state index contributed by atoms with van der Waals surface area (Å²) in [7, 11) is -3.19. The number of nitrogens with one attached hydrogen (secondary N) is 1. The highest BCUT2D eigenvalue weighted by Crippen LogP contribution is 2.35. The number of anilines is 1. The van der Waals surface area contributed by atoms with Crippen LogP contribution in [0, 0.1) is 18.6 Å². The molecule has 192 valence electrons. The molecular formula is C26H31F2N5O2S. The lowest BCUT2D eigenvalue weighted by molar-refractivity contribution is 0.328. The third kappa shape index (κ3) is 4.80. The van der Waals surface area contributed by atoms with Gasteiger partial charge in [0.25, 0.3) is 0 Å². The molecule has 5 rings (SSSR count). The molecule has 0 atom stereocenters. The average Bonchev–Trinajstić information content (AvgIpc) is 3.66. The Labute approximate surface area is 210 Å². The topological polar surface area (TPSA) is 88.1 Å². The number of hydrogen-bond donors (Lipinski definition) is 1. The number of piperidine rings is 1. The molecule has 36 heavy (non-hydrogen) atoms. The second kappa shape index (κ2) is 8.99. The molecule has 2 fully saturated rings. The molecule has 3 heterocycles. The third-order valence-corrected chi connectivity index (χ3v) is 9.31. The molecule has 2 aromatic heterocycles. The van der Waals surface area contributed by atoms with E-state index in [-0.39, 0.29) is 33.9 Å². The van der Waals surface area contributed by atoms with E-state index in [9.17, 15) is 12.8 Å². The van der Waals surface area contributed by atoms with Gasteiger partial charge in [-0.05, 0) is 61.8 Å². The van der Waals surface area contributed by atoms with Crippen LogP contribution in [0.2, 0.25) is 0 Å². The maximum absolute atomic E-state index is 15.2. The Bertz CT molecular complexity index is 1430. The maximum Gasteiger partial charge on any atom is 0.223 e. The first kappa shape index (κ1) is 25.0. The Balaban J connectivity index is 1.42. The molecule has 0 radical (unpaired) electrons. The van der Waals surface area contributed by atoms with Gasteiger partial charge < -0.3 is 5.32 Å². The molecule has 3 aromatic rings. The lowest BCUT2D eigenvalue weighted by Crippen LogP contribution is -2.43. The van der Waals surface area contributed by atoms with Crippen molar-refractivity contribution >= 4 is 26.9 Å². The Kier molecular flexibility index (Phi) is 6.23. The van der Waals surface area contributed by atoms with Crippen LogP contribution < -0.4 is 5.32 Å². The molecule has 1 saturated carbocycles. The Morgan fingerprint density at radius 1 is 1.00 bits per heavy atom. The fourth-order valence-corrected chi connectivity index (χ4v) is 6.70. The molecule has 7 nitrogen and oxygen atoms in total. The van der Waals surface area contributed by atoms with Crippen LogP contribution in [0.3, 0.4) is 0 Å². The highest BCUT2D eigenvalue weighted by molar-refractivity contribution is 7.90. The largest absolute Gasteiger partial charge is 0.351 e. The van der Waals surface area contributed by atoms with Crippen molar-refractivity contribution in [3.8, 4) is 11.3 Å². The molecule has 1 saturated heterocycles. The summed E-state index contributed by atoms with van der Waals surface area (Å²) in [6.07, 6.45) is 3.78. The number of halogens is 2. The van der Waals surface area contributed by atoms with E-state index < -0.39 is 21.7 Å². The first-order chi connectivity index (χ1) is 16.9. The van der Waals surface area contributed by atoms with Crippen molar-refractivity contribution in [2.45, 2.75) is 70.1 Å². The van der Waals surface area contributed by atoms with Crippen molar-refractivity contribution in [2.75, 3.05) is 18.4 Å². The molecule has 1 aliphatic heterocycles. The average molecular weight is 516 g/mol.